The van der Waals surface area contributed by atoms with Crippen LogP contribution in [0.3, 0.4) is 0 Å². The molecule has 94 valence electrons. The molecule has 0 bridgehead atoms. The molecule has 0 aromatic carbocycles. The van der Waals surface area contributed by atoms with E-state index in [4.69, 9.17) is 0 Å². The van der Waals surface area contributed by atoms with Gasteiger partial charge in [0.25, 0.3) is 0 Å². The zero-order valence-corrected chi connectivity index (χ0v) is 10.8. The van der Waals surface area contributed by atoms with Gasteiger partial charge >= 0.3 is 0 Å². The summed E-state index contributed by atoms with van der Waals surface area (Å²) in [6.45, 7) is 11.5. The van der Waals surface area contributed by atoms with Crippen LogP contribution in [0.4, 0.5) is 5.82 Å². The fraction of sp³-hybridized carbons (Fsp3) is 0.538. The zero-order valence-electron chi connectivity index (χ0n) is 10.8. The first-order valence-corrected chi connectivity index (χ1v) is 6.21. The highest BCUT2D eigenvalue weighted by molar-refractivity contribution is 5.37. The predicted octanol–water partition coefficient (Wildman–Crippen LogP) is 1.99. The molecule has 4 nitrogen and oxygen atoms in total. The molecule has 1 aromatic heterocycles. The number of hydrogen-bond acceptors (Lipinski definition) is 4. The van der Waals surface area contributed by atoms with Crippen molar-refractivity contribution in [3.63, 3.8) is 0 Å². The molecule has 4 heteroatoms. The average Bonchev–Trinajstić information content (AvgIpc) is 2.37. The van der Waals surface area contributed by atoms with Gasteiger partial charge in [-0.2, -0.15) is 5.10 Å². The number of hydrogen-bond donors (Lipinski definition) is 1. The lowest BCUT2D eigenvalue weighted by atomic mass is 10.3. The second-order valence-electron chi connectivity index (χ2n) is 3.89. The summed E-state index contributed by atoms with van der Waals surface area (Å²) in [5.74, 6) is 0.909. The molecule has 17 heavy (non-hydrogen) atoms. The van der Waals surface area contributed by atoms with Crippen molar-refractivity contribution in [2.45, 2.75) is 26.8 Å². The fourth-order valence-electron chi connectivity index (χ4n) is 1.55. The highest BCUT2D eigenvalue weighted by atomic mass is 15.3. The van der Waals surface area contributed by atoms with Crippen LogP contribution < -0.4 is 10.2 Å². The van der Waals surface area contributed by atoms with Crippen LogP contribution in [0.25, 0.3) is 0 Å². The van der Waals surface area contributed by atoms with E-state index in [1.54, 1.807) is 0 Å². The van der Waals surface area contributed by atoms with Crippen LogP contribution in [0, 0.1) is 0 Å². The summed E-state index contributed by atoms with van der Waals surface area (Å²) in [5, 5.41) is 11.8. The molecule has 1 aromatic rings. The SMILES string of the molecule is C=CCN(CC)c1ccc(CNCCC)nn1. The molecule has 0 aliphatic heterocycles. The lowest BCUT2D eigenvalue weighted by Crippen LogP contribution is -2.24. The van der Waals surface area contributed by atoms with Gasteiger partial charge in [0.2, 0.25) is 0 Å². The average molecular weight is 234 g/mol. The minimum absolute atomic E-state index is 0.786. The van der Waals surface area contributed by atoms with Crippen LogP contribution in [-0.2, 0) is 6.54 Å². The van der Waals surface area contributed by atoms with E-state index in [1.807, 2.05) is 18.2 Å². The van der Waals surface area contributed by atoms with Gasteiger partial charge in [0.1, 0.15) is 0 Å². The monoisotopic (exact) mass is 234 g/mol. The van der Waals surface area contributed by atoms with E-state index in [2.05, 4.69) is 40.8 Å². The van der Waals surface area contributed by atoms with Crippen molar-refractivity contribution in [2.24, 2.45) is 0 Å². The zero-order chi connectivity index (χ0) is 12.5. The first-order valence-electron chi connectivity index (χ1n) is 6.21. The molecule has 0 aliphatic carbocycles. The summed E-state index contributed by atoms with van der Waals surface area (Å²) < 4.78 is 0. The molecule has 0 saturated heterocycles. The van der Waals surface area contributed by atoms with Crippen molar-refractivity contribution < 1.29 is 0 Å². The van der Waals surface area contributed by atoms with E-state index in [9.17, 15) is 0 Å². The number of aromatic nitrogens is 2. The Morgan fingerprint density at radius 3 is 2.71 bits per heavy atom. The maximum Gasteiger partial charge on any atom is 0.151 e. The molecular formula is C13H22N4. The highest BCUT2D eigenvalue weighted by Gasteiger charge is 2.04. The van der Waals surface area contributed by atoms with Crippen LogP contribution in [0.1, 0.15) is 26.0 Å². The number of nitrogens with zero attached hydrogens (tertiary/aromatic N) is 3. The number of likely N-dealkylation sites (N-methyl/N-ethyl adjacent to an activating group) is 1. The van der Waals surface area contributed by atoms with Crippen LogP contribution in [0.15, 0.2) is 24.8 Å². The molecule has 1 N–H and O–H groups in total. The van der Waals surface area contributed by atoms with Gasteiger partial charge in [-0.15, -0.1) is 11.7 Å². The van der Waals surface area contributed by atoms with E-state index in [0.29, 0.717) is 0 Å². The summed E-state index contributed by atoms with van der Waals surface area (Å²) in [4.78, 5) is 2.13. The molecule has 0 radical (unpaired) electrons. The maximum absolute atomic E-state index is 4.24. The molecule has 0 aliphatic rings. The van der Waals surface area contributed by atoms with E-state index in [-0.39, 0.29) is 0 Å². The molecule has 0 unspecified atom stereocenters. The van der Waals surface area contributed by atoms with Crippen molar-refractivity contribution >= 4 is 5.82 Å². The molecular weight excluding hydrogens is 212 g/mol. The summed E-state index contributed by atoms with van der Waals surface area (Å²) in [6.07, 6.45) is 3.01. The topological polar surface area (TPSA) is 41.0 Å². The number of nitrogens with one attached hydrogen (secondary N) is 1. The first kappa shape index (κ1) is 13.6. The van der Waals surface area contributed by atoms with E-state index in [0.717, 1.165) is 44.1 Å². The number of anilines is 1. The van der Waals surface area contributed by atoms with Gasteiger partial charge in [-0.25, -0.2) is 0 Å². The third kappa shape index (κ3) is 4.53. The van der Waals surface area contributed by atoms with Crippen LogP contribution in [-0.4, -0.2) is 29.8 Å². The van der Waals surface area contributed by atoms with Crippen LogP contribution in [0.5, 0.6) is 0 Å². The smallest absolute Gasteiger partial charge is 0.151 e. The summed E-state index contributed by atoms with van der Waals surface area (Å²) in [5.41, 5.74) is 0.983. The number of rotatable bonds is 8. The summed E-state index contributed by atoms with van der Waals surface area (Å²) in [7, 11) is 0. The van der Waals surface area contributed by atoms with Gasteiger partial charge in [0.15, 0.2) is 5.82 Å². The minimum Gasteiger partial charge on any atom is -0.352 e. The minimum atomic E-state index is 0.786. The van der Waals surface area contributed by atoms with E-state index < -0.39 is 0 Å². The van der Waals surface area contributed by atoms with Gasteiger partial charge < -0.3 is 10.2 Å². The van der Waals surface area contributed by atoms with Crippen molar-refractivity contribution in [3.8, 4) is 0 Å². The summed E-state index contributed by atoms with van der Waals surface area (Å²) >= 11 is 0. The molecule has 0 fully saturated rings. The second-order valence-corrected chi connectivity index (χ2v) is 3.89. The van der Waals surface area contributed by atoms with Gasteiger partial charge in [0.05, 0.1) is 5.69 Å². The first-order chi connectivity index (χ1) is 8.31. The van der Waals surface area contributed by atoms with Crippen LogP contribution in [0.2, 0.25) is 0 Å². The van der Waals surface area contributed by atoms with Crippen molar-refractivity contribution in [3.05, 3.63) is 30.5 Å². The summed E-state index contributed by atoms with van der Waals surface area (Å²) in [6, 6.07) is 4.04. The van der Waals surface area contributed by atoms with Gasteiger partial charge in [-0.1, -0.05) is 13.0 Å². The second kappa shape index (κ2) is 7.79. The Kier molecular flexibility index (Phi) is 6.25. The Labute approximate surface area is 104 Å². The van der Waals surface area contributed by atoms with Crippen molar-refractivity contribution in [1.29, 1.82) is 0 Å². The fourth-order valence-corrected chi connectivity index (χ4v) is 1.55. The predicted molar refractivity (Wildman–Crippen MR) is 72.1 cm³/mol. The lowest BCUT2D eigenvalue weighted by Gasteiger charge is -2.19. The molecule has 0 atom stereocenters. The standard InChI is InChI=1S/C13H22N4/c1-4-9-14-11-12-7-8-13(16-15-12)17(6-3)10-5-2/h5,7-8,14H,2,4,6,9-11H2,1,3H3. The largest absolute Gasteiger partial charge is 0.352 e. The Balaban J connectivity index is 2.56. The van der Waals surface area contributed by atoms with E-state index in [1.165, 1.54) is 0 Å². The molecule has 1 rings (SSSR count). The Bertz CT molecular complexity index is 321. The van der Waals surface area contributed by atoms with Crippen molar-refractivity contribution in [2.75, 3.05) is 24.5 Å². The van der Waals surface area contributed by atoms with Gasteiger partial charge in [-0.05, 0) is 32.0 Å². The third-order valence-electron chi connectivity index (χ3n) is 2.49. The highest BCUT2D eigenvalue weighted by Crippen LogP contribution is 2.08. The Morgan fingerprint density at radius 2 is 2.18 bits per heavy atom. The van der Waals surface area contributed by atoms with Gasteiger partial charge in [0, 0.05) is 19.6 Å². The maximum atomic E-state index is 4.24. The Hall–Kier alpha value is -1.42. The molecule has 0 amide bonds. The Morgan fingerprint density at radius 1 is 1.35 bits per heavy atom. The van der Waals surface area contributed by atoms with E-state index >= 15 is 0 Å². The van der Waals surface area contributed by atoms with Crippen molar-refractivity contribution in [1.82, 2.24) is 15.5 Å². The molecule has 0 spiro atoms. The normalized spacial score (nSPS) is 10.2. The van der Waals surface area contributed by atoms with Crippen LogP contribution >= 0.6 is 0 Å². The molecule has 1 heterocycles. The third-order valence-corrected chi connectivity index (χ3v) is 2.49. The quantitative estimate of drug-likeness (QED) is 0.551. The van der Waals surface area contributed by atoms with Gasteiger partial charge in [-0.3, -0.25) is 0 Å². The lowest BCUT2D eigenvalue weighted by molar-refractivity contribution is 0.655. The molecule has 0 saturated carbocycles.